The molecule has 0 aliphatic rings. The number of rotatable bonds is 3. The summed E-state index contributed by atoms with van der Waals surface area (Å²) < 4.78 is 3.18. The van der Waals surface area contributed by atoms with Crippen LogP contribution in [0.15, 0.2) is 34.8 Å². The quantitative estimate of drug-likeness (QED) is 0.826. The van der Waals surface area contributed by atoms with Crippen LogP contribution in [-0.2, 0) is 6.54 Å². The van der Waals surface area contributed by atoms with E-state index in [0.717, 1.165) is 22.3 Å². The summed E-state index contributed by atoms with van der Waals surface area (Å²) in [6.07, 6.45) is 0. The van der Waals surface area contributed by atoms with Crippen LogP contribution in [-0.4, -0.2) is 9.78 Å². The third kappa shape index (κ3) is 2.60. The summed E-state index contributed by atoms with van der Waals surface area (Å²) >= 11 is 3.64. The Hall–Kier alpha value is -1.09. The van der Waals surface area contributed by atoms with E-state index in [1.807, 2.05) is 18.2 Å². The molecule has 2 rings (SSSR count). The topological polar surface area (TPSA) is 17.8 Å². The van der Waals surface area contributed by atoms with E-state index < -0.39 is 0 Å². The molecule has 3 heteroatoms. The standard InChI is InChI=1S/C14H17BrN2/c1-10(2)9-17-11(3)13(15)14(16-17)12-7-5-4-6-8-12/h4-8,10H,9H2,1-3H3. The number of benzene rings is 1. The predicted octanol–water partition coefficient (Wildman–Crippen LogP) is 4.28. The first-order valence-electron chi connectivity index (χ1n) is 5.88. The largest absolute Gasteiger partial charge is 0.268 e. The molecule has 0 spiro atoms. The van der Waals surface area contributed by atoms with Gasteiger partial charge >= 0.3 is 0 Å². The van der Waals surface area contributed by atoms with Crippen molar-refractivity contribution in [1.29, 1.82) is 0 Å². The lowest BCUT2D eigenvalue weighted by atomic mass is 10.1. The molecule has 0 fully saturated rings. The van der Waals surface area contributed by atoms with Crippen LogP contribution in [0.1, 0.15) is 19.5 Å². The third-order valence-electron chi connectivity index (χ3n) is 2.72. The molecule has 0 saturated carbocycles. The first-order valence-corrected chi connectivity index (χ1v) is 6.67. The van der Waals surface area contributed by atoms with Crippen molar-refractivity contribution < 1.29 is 0 Å². The summed E-state index contributed by atoms with van der Waals surface area (Å²) in [6.45, 7) is 7.47. The number of hydrogen-bond acceptors (Lipinski definition) is 1. The highest BCUT2D eigenvalue weighted by molar-refractivity contribution is 9.10. The maximum Gasteiger partial charge on any atom is 0.107 e. The fraction of sp³-hybridized carbons (Fsp3) is 0.357. The van der Waals surface area contributed by atoms with Crippen LogP contribution < -0.4 is 0 Å². The van der Waals surface area contributed by atoms with E-state index in [-0.39, 0.29) is 0 Å². The summed E-state index contributed by atoms with van der Waals surface area (Å²) in [7, 11) is 0. The zero-order valence-electron chi connectivity index (χ0n) is 10.4. The first-order chi connectivity index (χ1) is 8.09. The second-order valence-corrected chi connectivity index (χ2v) is 5.48. The number of aromatic nitrogens is 2. The van der Waals surface area contributed by atoms with Crippen LogP contribution in [0.5, 0.6) is 0 Å². The Morgan fingerprint density at radius 3 is 2.47 bits per heavy atom. The van der Waals surface area contributed by atoms with Crippen LogP contribution in [0.2, 0.25) is 0 Å². The van der Waals surface area contributed by atoms with E-state index in [1.54, 1.807) is 0 Å². The van der Waals surface area contributed by atoms with Crippen LogP contribution in [0.3, 0.4) is 0 Å². The lowest BCUT2D eigenvalue weighted by Crippen LogP contribution is -2.07. The molecule has 90 valence electrons. The van der Waals surface area contributed by atoms with Gasteiger partial charge in [-0.15, -0.1) is 0 Å². The van der Waals surface area contributed by atoms with Gasteiger partial charge in [0.15, 0.2) is 0 Å². The van der Waals surface area contributed by atoms with E-state index in [9.17, 15) is 0 Å². The summed E-state index contributed by atoms with van der Waals surface area (Å²) in [5.41, 5.74) is 3.38. The fourth-order valence-electron chi connectivity index (χ4n) is 1.83. The molecule has 1 aromatic heterocycles. The van der Waals surface area contributed by atoms with Gasteiger partial charge in [-0.25, -0.2) is 0 Å². The minimum absolute atomic E-state index is 0.601. The molecule has 0 N–H and O–H groups in total. The molecule has 0 radical (unpaired) electrons. The Bertz CT molecular complexity index is 500. The lowest BCUT2D eigenvalue weighted by molar-refractivity contribution is 0.475. The highest BCUT2D eigenvalue weighted by Gasteiger charge is 2.14. The van der Waals surface area contributed by atoms with E-state index >= 15 is 0 Å². The Labute approximate surface area is 111 Å². The third-order valence-corrected chi connectivity index (χ3v) is 3.67. The van der Waals surface area contributed by atoms with Crippen molar-refractivity contribution in [3.63, 3.8) is 0 Å². The summed E-state index contributed by atoms with van der Waals surface area (Å²) in [5.74, 6) is 0.601. The lowest BCUT2D eigenvalue weighted by Gasteiger charge is -2.06. The van der Waals surface area contributed by atoms with Gasteiger partial charge in [0.1, 0.15) is 5.69 Å². The van der Waals surface area contributed by atoms with Gasteiger partial charge in [-0.05, 0) is 28.8 Å². The van der Waals surface area contributed by atoms with Gasteiger partial charge in [-0.3, -0.25) is 4.68 Å². The zero-order valence-corrected chi connectivity index (χ0v) is 12.0. The van der Waals surface area contributed by atoms with Gasteiger partial charge in [0.2, 0.25) is 0 Å². The van der Waals surface area contributed by atoms with E-state index in [1.165, 1.54) is 5.69 Å². The van der Waals surface area contributed by atoms with Crippen molar-refractivity contribution in [1.82, 2.24) is 9.78 Å². The Balaban J connectivity index is 2.43. The molecule has 2 aromatic rings. The second-order valence-electron chi connectivity index (χ2n) is 4.69. The second kappa shape index (κ2) is 5.05. The molecule has 17 heavy (non-hydrogen) atoms. The van der Waals surface area contributed by atoms with Crippen LogP contribution in [0.4, 0.5) is 0 Å². The summed E-state index contributed by atoms with van der Waals surface area (Å²) in [4.78, 5) is 0. The molecule has 0 amide bonds. The maximum absolute atomic E-state index is 4.69. The van der Waals surface area contributed by atoms with E-state index in [4.69, 9.17) is 0 Å². The summed E-state index contributed by atoms with van der Waals surface area (Å²) in [5, 5.41) is 4.69. The molecule has 0 saturated heterocycles. The van der Waals surface area contributed by atoms with Crippen molar-refractivity contribution in [3.8, 4) is 11.3 Å². The average molecular weight is 293 g/mol. The predicted molar refractivity (Wildman–Crippen MR) is 74.9 cm³/mol. The monoisotopic (exact) mass is 292 g/mol. The molecule has 0 bridgehead atoms. The summed E-state index contributed by atoms with van der Waals surface area (Å²) in [6, 6.07) is 10.3. The zero-order chi connectivity index (χ0) is 12.4. The highest BCUT2D eigenvalue weighted by Crippen LogP contribution is 2.30. The Kier molecular flexibility index (Phi) is 3.67. The number of nitrogens with zero attached hydrogens (tertiary/aromatic N) is 2. The van der Waals surface area contributed by atoms with Gasteiger partial charge in [0, 0.05) is 12.1 Å². The van der Waals surface area contributed by atoms with Crippen molar-refractivity contribution in [2.24, 2.45) is 5.92 Å². The Morgan fingerprint density at radius 1 is 1.24 bits per heavy atom. The van der Waals surface area contributed by atoms with Crippen molar-refractivity contribution in [2.75, 3.05) is 0 Å². The smallest absolute Gasteiger partial charge is 0.107 e. The molecule has 0 aliphatic heterocycles. The first kappa shape index (κ1) is 12.4. The molecule has 1 aromatic carbocycles. The van der Waals surface area contributed by atoms with Gasteiger partial charge in [0.25, 0.3) is 0 Å². The number of hydrogen-bond donors (Lipinski definition) is 0. The van der Waals surface area contributed by atoms with Crippen molar-refractivity contribution in [3.05, 3.63) is 40.5 Å². The normalized spacial score (nSPS) is 11.1. The fourth-order valence-corrected chi connectivity index (χ4v) is 2.34. The number of halogens is 1. The molecule has 0 atom stereocenters. The van der Waals surface area contributed by atoms with Gasteiger partial charge < -0.3 is 0 Å². The molecule has 0 aliphatic carbocycles. The van der Waals surface area contributed by atoms with Crippen molar-refractivity contribution >= 4 is 15.9 Å². The SMILES string of the molecule is Cc1c(Br)c(-c2ccccc2)nn1CC(C)C. The minimum atomic E-state index is 0.601. The molecule has 2 nitrogen and oxygen atoms in total. The van der Waals surface area contributed by atoms with Gasteiger partial charge in [-0.2, -0.15) is 5.10 Å². The molecular weight excluding hydrogens is 276 g/mol. The molecule has 1 heterocycles. The maximum atomic E-state index is 4.69. The van der Waals surface area contributed by atoms with Gasteiger partial charge in [-0.1, -0.05) is 44.2 Å². The van der Waals surface area contributed by atoms with E-state index in [0.29, 0.717) is 5.92 Å². The van der Waals surface area contributed by atoms with Crippen molar-refractivity contribution in [2.45, 2.75) is 27.3 Å². The van der Waals surface area contributed by atoms with Crippen LogP contribution in [0, 0.1) is 12.8 Å². The highest BCUT2D eigenvalue weighted by atomic mass is 79.9. The minimum Gasteiger partial charge on any atom is -0.268 e. The van der Waals surface area contributed by atoms with E-state index in [2.05, 4.69) is 58.6 Å². The van der Waals surface area contributed by atoms with Crippen LogP contribution in [0.25, 0.3) is 11.3 Å². The average Bonchev–Trinajstić information content (AvgIpc) is 2.58. The van der Waals surface area contributed by atoms with Crippen LogP contribution >= 0.6 is 15.9 Å². The molecular formula is C14H17BrN2. The van der Waals surface area contributed by atoms with Gasteiger partial charge in [0.05, 0.1) is 10.2 Å². The molecule has 0 unspecified atom stereocenters. The Morgan fingerprint density at radius 2 is 1.88 bits per heavy atom.